The van der Waals surface area contributed by atoms with E-state index in [9.17, 15) is 0 Å². The molecule has 1 heterocycles. The molecule has 2 aliphatic carbocycles. The van der Waals surface area contributed by atoms with Crippen LogP contribution in [-0.2, 0) is 0 Å². The molecule has 0 amide bonds. The average Bonchev–Trinajstić information content (AvgIpc) is 2.27. The van der Waals surface area contributed by atoms with Crippen LogP contribution in [0.3, 0.4) is 0 Å². The van der Waals surface area contributed by atoms with Crippen molar-refractivity contribution >= 4 is 5.69 Å². The zero-order chi connectivity index (χ0) is 13.1. The summed E-state index contributed by atoms with van der Waals surface area (Å²) in [6.45, 7) is 1.65. The normalized spacial score (nSPS) is 19.8. The molecular formula is C15H24N4. The molecule has 0 spiro atoms. The molecule has 2 aliphatic rings. The van der Waals surface area contributed by atoms with Gasteiger partial charge in [-0.2, -0.15) is 0 Å². The molecule has 104 valence electrons. The van der Waals surface area contributed by atoms with Crippen LogP contribution >= 0.6 is 0 Å². The highest BCUT2D eigenvalue weighted by molar-refractivity contribution is 5.48. The van der Waals surface area contributed by atoms with Crippen LogP contribution in [0.4, 0.5) is 5.69 Å². The minimum atomic E-state index is 0.622. The maximum atomic E-state index is 5.55. The van der Waals surface area contributed by atoms with E-state index in [-0.39, 0.29) is 0 Å². The van der Waals surface area contributed by atoms with E-state index in [1.807, 2.05) is 6.20 Å². The third kappa shape index (κ3) is 2.73. The SMILES string of the molecule is NCCCNc1cnc(C2CCC2)nc1C1CCC1. The molecule has 3 N–H and O–H groups in total. The summed E-state index contributed by atoms with van der Waals surface area (Å²) in [6, 6.07) is 0. The highest BCUT2D eigenvalue weighted by Gasteiger charge is 2.27. The summed E-state index contributed by atoms with van der Waals surface area (Å²) >= 11 is 0. The van der Waals surface area contributed by atoms with Gasteiger partial charge in [0.25, 0.3) is 0 Å². The van der Waals surface area contributed by atoms with Crippen LogP contribution in [0.1, 0.15) is 68.3 Å². The molecule has 2 fully saturated rings. The first-order valence-electron chi connectivity index (χ1n) is 7.69. The van der Waals surface area contributed by atoms with Crippen molar-refractivity contribution in [1.82, 2.24) is 9.97 Å². The van der Waals surface area contributed by atoms with Crippen molar-refractivity contribution < 1.29 is 0 Å². The van der Waals surface area contributed by atoms with Crippen molar-refractivity contribution in [3.8, 4) is 0 Å². The van der Waals surface area contributed by atoms with E-state index in [1.165, 1.54) is 44.2 Å². The summed E-state index contributed by atoms with van der Waals surface area (Å²) in [5.74, 6) is 2.36. The van der Waals surface area contributed by atoms with E-state index in [0.29, 0.717) is 11.8 Å². The van der Waals surface area contributed by atoms with E-state index >= 15 is 0 Å². The number of rotatable bonds is 6. The summed E-state index contributed by atoms with van der Waals surface area (Å²) in [7, 11) is 0. The van der Waals surface area contributed by atoms with Gasteiger partial charge in [0, 0.05) is 18.4 Å². The Labute approximate surface area is 115 Å². The Morgan fingerprint density at radius 1 is 1.16 bits per heavy atom. The summed E-state index contributed by atoms with van der Waals surface area (Å²) in [4.78, 5) is 9.47. The Hall–Kier alpha value is -1.16. The minimum Gasteiger partial charge on any atom is -0.382 e. The highest BCUT2D eigenvalue weighted by Crippen LogP contribution is 2.40. The van der Waals surface area contributed by atoms with Gasteiger partial charge in [-0.05, 0) is 38.6 Å². The van der Waals surface area contributed by atoms with Gasteiger partial charge in [0.05, 0.1) is 17.6 Å². The van der Waals surface area contributed by atoms with Crippen LogP contribution in [0.2, 0.25) is 0 Å². The van der Waals surface area contributed by atoms with Gasteiger partial charge in [-0.25, -0.2) is 9.97 Å². The first-order chi connectivity index (χ1) is 9.38. The Morgan fingerprint density at radius 2 is 1.89 bits per heavy atom. The number of aromatic nitrogens is 2. The van der Waals surface area contributed by atoms with Crippen molar-refractivity contribution in [3.05, 3.63) is 17.7 Å². The third-order valence-electron chi connectivity index (χ3n) is 4.50. The standard InChI is InChI=1S/C15H24N4/c16-8-3-9-17-13-10-18-15(12-6-2-7-12)19-14(13)11-4-1-5-11/h10-12,17H,1-9,16H2. The highest BCUT2D eigenvalue weighted by atomic mass is 15.0. The van der Waals surface area contributed by atoms with Crippen LogP contribution in [-0.4, -0.2) is 23.1 Å². The molecule has 1 aromatic heterocycles. The Kier molecular flexibility index (Phi) is 3.97. The van der Waals surface area contributed by atoms with Crippen LogP contribution in [0, 0.1) is 0 Å². The lowest BCUT2D eigenvalue weighted by molar-refractivity contribution is 0.386. The van der Waals surface area contributed by atoms with Gasteiger partial charge in [0.2, 0.25) is 0 Å². The van der Waals surface area contributed by atoms with Crippen LogP contribution in [0.5, 0.6) is 0 Å². The van der Waals surface area contributed by atoms with E-state index in [2.05, 4.69) is 10.3 Å². The Bertz CT molecular complexity index is 424. The van der Waals surface area contributed by atoms with Crippen LogP contribution in [0.15, 0.2) is 6.20 Å². The molecule has 4 nitrogen and oxygen atoms in total. The van der Waals surface area contributed by atoms with Crippen molar-refractivity contribution in [2.45, 2.75) is 56.8 Å². The molecule has 0 saturated heterocycles. The minimum absolute atomic E-state index is 0.622. The molecule has 0 unspecified atom stereocenters. The molecule has 4 heteroatoms. The monoisotopic (exact) mass is 260 g/mol. The Morgan fingerprint density at radius 3 is 2.47 bits per heavy atom. The third-order valence-corrected chi connectivity index (χ3v) is 4.50. The number of nitrogens with one attached hydrogen (secondary N) is 1. The molecule has 1 aromatic rings. The van der Waals surface area contributed by atoms with E-state index in [4.69, 9.17) is 10.7 Å². The van der Waals surface area contributed by atoms with Gasteiger partial charge in [0.15, 0.2) is 0 Å². The summed E-state index contributed by atoms with van der Waals surface area (Å²) < 4.78 is 0. The van der Waals surface area contributed by atoms with Crippen LogP contribution < -0.4 is 11.1 Å². The lowest BCUT2D eigenvalue weighted by atomic mass is 9.81. The molecule has 0 aliphatic heterocycles. The van der Waals surface area contributed by atoms with Crippen molar-refractivity contribution in [1.29, 1.82) is 0 Å². The van der Waals surface area contributed by atoms with Gasteiger partial charge in [0.1, 0.15) is 5.82 Å². The zero-order valence-corrected chi connectivity index (χ0v) is 11.6. The van der Waals surface area contributed by atoms with Crippen molar-refractivity contribution in [3.63, 3.8) is 0 Å². The zero-order valence-electron chi connectivity index (χ0n) is 11.6. The van der Waals surface area contributed by atoms with Gasteiger partial charge in [-0.3, -0.25) is 0 Å². The van der Waals surface area contributed by atoms with E-state index < -0.39 is 0 Å². The fourth-order valence-corrected chi connectivity index (χ4v) is 2.73. The molecule has 3 rings (SSSR count). The lowest BCUT2D eigenvalue weighted by Crippen LogP contribution is -2.19. The van der Waals surface area contributed by atoms with E-state index in [0.717, 1.165) is 31.0 Å². The first kappa shape index (κ1) is 12.9. The van der Waals surface area contributed by atoms with Gasteiger partial charge in [-0.15, -0.1) is 0 Å². The predicted octanol–water partition coefficient (Wildman–Crippen LogP) is 2.77. The fourth-order valence-electron chi connectivity index (χ4n) is 2.73. The summed E-state index contributed by atoms with van der Waals surface area (Å²) in [6.07, 6.45) is 10.8. The maximum Gasteiger partial charge on any atom is 0.131 e. The maximum absolute atomic E-state index is 5.55. The topological polar surface area (TPSA) is 63.8 Å². The number of nitrogens with two attached hydrogens (primary N) is 1. The molecule has 0 atom stereocenters. The smallest absolute Gasteiger partial charge is 0.131 e. The number of nitrogens with zero attached hydrogens (tertiary/aromatic N) is 2. The largest absolute Gasteiger partial charge is 0.382 e. The molecular weight excluding hydrogens is 236 g/mol. The average molecular weight is 260 g/mol. The molecule has 19 heavy (non-hydrogen) atoms. The van der Waals surface area contributed by atoms with Crippen molar-refractivity contribution in [2.24, 2.45) is 5.73 Å². The fraction of sp³-hybridized carbons (Fsp3) is 0.733. The van der Waals surface area contributed by atoms with Crippen LogP contribution in [0.25, 0.3) is 0 Å². The molecule has 0 aromatic carbocycles. The summed E-state index contributed by atoms with van der Waals surface area (Å²) in [5.41, 5.74) is 7.95. The second kappa shape index (κ2) is 5.87. The number of anilines is 1. The van der Waals surface area contributed by atoms with Gasteiger partial charge >= 0.3 is 0 Å². The number of hydrogen-bond acceptors (Lipinski definition) is 4. The van der Waals surface area contributed by atoms with Gasteiger partial charge < -0.3 is 11.1 Å². The molecule has 2 saturated carbocycles. The second-order valence-corrected chi connectivity index (χ2v) is 5.85. The van der Waals surface area contributed by atoms with Crippen molar-refractivity contribution in [2.75, 3.05) is 18.4 Å². The van der Waals surface area contributed by atoms with E-state index in [1.54, 1.807) is 0 Å². The summed E-state index contributed by atoms with van der Waals surface area (Å²) in [5, 5.41) is 3.46. The predicted molar refractivity (Wildman–Crippen MR) is 77.4 cm³/mol. The molecule has 0 radical (unpaired) electrons. The Balaban J connectivity index is 1.76. The quantitative estimate of drug-likeness (QED) is 0.772. The number of hydrogen-bond donors (Lipinski definition) is 2. The first-order valence-corrected chi connectivity index (χ1v) is 7.69. The second-order valence-electron chi connectivity index (χ2n) is 5.85. The lowest BCUT2D eigenvalue weighted by Gasteiger charge is -2.29. The van der Waals surface area contributed by atoms with Gasteiger partial charge in [-0.1, -0.05) is 12.8 Å². The molecule has 0 bridgehead atoms.